The molecule has 0 N–H and O–H groups in total. The maximum absolute atomic E-state index is 10.3. The van der Waals surface area contributed by atoms with E-state index < -0.39 is 6.10 Å². The Hall–Kier alpha value is -0.560. The lowest BCUT2D eigenvalue weighted by molar-refractivity contribution is -0.401. The van der Waals surface area contributed by atoms with Crippen LogP contribution in [0.5, 0.6) is 0 Å². The van der Waals surface area contributed by atoms with Gasteiger partial charge in [0.25, 0.3) is 0 Å². The zero-order valence-electron chi connectivity index (χ0n) is 4.26. The number of rotatable bonds is 3. The second kappa shape index (κ2) is 3.62. The number of hydrogen-bond acceptors (Lipinski definition) is 1. The third-order valence-corrected chi connectivity index (χ3v) is 0.662. The fourth-order valence-corrected chi connectivity index (χ4v) is 0.260. The lowest BCUT2D eigenvalue weighted by Crippen LogP contribution is -2.20. The molecular weight excluding hydrogens is 88.1 g/mol. The van der Waals surface area contributed by atoms with Crippen LogP contribution in [0.4, 0.5) is 0 Å². The van der Waals surface area contributed by atoms with Crippen LogP contribution in [-0.2, 0) is 0 Å². The molecule has 40 valence electrons. The molecule has 7 heavy (non-hydrogen) atoms. The first-order chi connectivity index (χ1) is 3.31. The van der Waals surface area contributed by atoms with Crippen molar-refractivity contribution in [2.24, 2.45) is 0 Å². The summed E-state index contributed by atoms with van der Waals surface area (Å²) in [5, 5.41) is 10.3. The van der Waals surface area contributed by atoms with Crippen molar-refractivity contribution < 1.29 is 5.11 Å². The van der Waals surface area contributed by atoms with E-state index in [2.05, 4.69) is 13.2 Å². The fourth-order valence-electron chi connectivity index (χ4n) is 0.260. The highest BCUT2D eigenvalue weighted by atomic mass is 16.3. The monoisotopic (exact) mass is 97.1 g/mol. The van der Waals surface area contributed by atoms with E-state index in [9.17, 15) is 5.11 Å². The first kappa shape index (κ1) is 6.44. The highest BCUT2D eigenvalue weighted by Crippen LogP contribution is 1.85. The molecule has 0 aromatic heterocycles. The molecule has 0 heterocycles. The van der Waals surface area contributed by atoms with Crippen molar-refractivity contribution in [2.75, 3.05) is 0 Å². The zero-order valence-corrected chi connectivity index (χ0v) is 4.26. The van der Waals surface area contributed by atoms with Crippen molar-refractivity contribution in [1.29, 1.82) is 0 Å². The molecule has 0 radical (unpaired) electrons. The minimum absolute atomic E-state index is 0.490. The van der Waals surface area contributed by atoms with Crippen molar-refractivity contribution in [3.8, 4) is 0 Å². The maximum Gasteiger partial charge on any atom is -0.0444 e. The van der Waals surface area contributed by atoms with Crippen LogP contribution in [0.1, 0.15) is 6.42 Å². The molecule has 0 saturated carbocycles. The van der Waals surface area contributed by atoms with Crippen LogP contribution in [0.25, 0.3) is 0 Å². The van der Waals surface area contributed by atoms with Gasteiger partial charge in [-0.3, -0.25) is 0 Å². The predicted octanol–water partition coefficient (Wildman–Crippen LogP) is 0.477. The van der Waals surface area contributed by atoms with Crippen molar-refractivity contribution in [1.82, 2.24) is 0 Å². The standard InChI is InChI=1S/C6H9O/c1-3-5-6(7)4-2/h3-4,6H,1-2,5H2/q-1. The Balaban J connectivity index is 3.15. The van der Waals surface area contributed by atoms with Crippen LogP contribution in [0.3, 0.4) is 0 Å². The van der Waals surface area contributed by atoms with Crippen LogP contribution >= 0.6 is 0 Å². The Bertz CT molecular complexity index is 66.6. The first-order valence-electron chi connectivity index (χ1n) is 2.20. The fraction of sp³-hybridized carbons (Fsp3) is 0.333. The summed E-state index contributed by atoms with van der Waals surface area (Å²) in [7, 11) is 0. The Labute approximate surface area is 44.0 Å². The van der Waals surface area contributed by atoms with E-state index in [0.717, 1.165) is 0 Å². The quantitative estimate of drug-likeness (QED) is 0.470. The largest absolute Gasteiger partial charge is 0.849 e. The van der Waals surface area contributed by atoms with Crippen molar-refractivity contribution >= 4 is 0 Å². The molecule has 0 aromatic carbocycles. The molecule has 0 aliphatic carbocycles. The number of hydrogen-bond donors (Lipinski definition) is 0. The van der Waals surface area contributed by atoms with Crippen LogP contribution in [-0.4, -0.2) is 6.10 Å². The van der Waals surface area contributed by atoms with Gasteiger partial charge in [0.2, 0.25) is 0 Å². The van der Waals surface area contributed by atoms with Crippen LogP contribution in [0, 0.1) is 0 Å². The third kappa shape index (κ3) is 3.27. The van der Waals surface area contributed by atoms with Gasteiger partial charge in [-0.1, -0.05) is 6.08 Å². The van der Waals surface area contributed by atoms with Gasteiger partial charge < -0.3 is 5.11 Å². The van der Waals surface area contributed by atoms with Gasteiger partial charge in [-0.25, -0.2) is 0 Å². The SMILES string of the molecule is C=CCC([O-])C=C. The van der Waals surface area contributed by atoms with E-state index in [1.165, 1.54) is 6.08 Å². The van der Waals surface area contributed by atoms with Crippen molar-refractivity contribution in [3.63, 3.8) is 0 Å². The summed E-state index contributed by atoms with van der Waals surface area (Å²) in [4.78, 5) is 0. The lowest BCUT2D eigenvalue weighted by atomic mass is 10.2. The van der Waals surface area contributed by atoms with E-state index in [1.807, 2.05) is 0 Å². The average Bonchev–Trinajstić information content (AvgIpc) is 1.68. The third-order valence-electron chi connectivity index (χ3n) is 0.662. The average molecular weight is 97.1 g/mol. The molecule has 0 bridgehead atoms. The molecule has 0 aliphatic heterocycles. The maximum atomic E-state index is 10.3. The minimum Gasteiger partial charge on any atom is -0.849 e. The summed E-state index contributed by atoms with van der Waals surface area (Å²) >= 11 is 0. The molecule has 0 fully saturated rings. The second-order valence-corrected chi connectivity index (χ2v) is 1.30. The van der Waals surface area contributed by atoms with E-state index in [-0.39, 0.29) is 0 Å². The molecule has 0 amide bonds. The van der Waals surface area contributed by atoms with E-state index in [4.69, 9.17) is 0 Å². The van der Waals surface area contributed by atoms with Gasteiger partial charge in [-0.05, 0) is 6.42 Å². The second-order valence-electron chi connectivity index (χ2n) is 1.30. The molecule has 0 aromatic rings. The summed E-state index contributed by atoms with van der Waals surface area (Å²) in [5.74, 6) is 0. The molecule has 1 atom stereocenters. The molecule has 1 heteroatoms. The highest BCUT2D eigenvalue weighted by Gasteiger charge is 1.76. The molecule has 0 saturated heterocycles. The van der Waals surface area contributed by atoms with Gasteiger partial charge in [0.1, 0.15) is 0 Å². The molecule has 1 nitrogen and oxygen atoms in total. The molecule has 1 unspecified atom stereocenters. The van der Waals surface area contributed by atoms with Crippen LogP contribution in [0.2, 0.25) is 0 Å². The zero-order chi connectivity index (χ0) is 5.70. The Morgan fingerprint density at radius 1 is 1.57 bits per heavy atom. The minimum atomic E-state index is -0.655. The van der Waals surface area contributed by atoms with Gasteiger partial charge >= 0.3 is 0 Å². The normalized spacial score (nSPS) is 12.7. The lowest BCUT2D eigenvalue weighted by Gasteiger charge is -2.12. The summed E-state index contributed by atoms with van der Waals surface area (Å²) in [6, 6.07) is 0. The van der Waals surface area contributed by atoms with Crippen molar-refractivity contribution in [2.45, 2.75) is 12.5 Å². The highest BCUT2D eigenvalue weighted by molar-refractivity contribution is 4.83. The molecule has 0 spiro atoms. The van der Waals surface area contributed by atoms with Gasteiger partial charge in [-0.15, -0.1) is 25.3 Å². The van der Waals surface area contributed by atoms with Gasteiger partial charge in [0, 0.05) is 0 Å². The van der Waals surface area contributed by atoms with E-state index in [0.29, 0.717) is 6.42 Å². The van der Waals surface area contributed by atoms with E-state index >= 15 is 0 Å². The van der Waals surface area contributed by atoms with Gasteiger partial charge in [0.05, 0.1) is 0 Å². The first-order valence-corrected chi connectivity index (χ1v) is 2.20. The summed E-state index contributed by atoms with van der Waals surface area (Å²) in [5.41, 5.74) is 0. The Kier molecular flexibility index (Phi) is 3.33. The smallest absolute Gasteiger partial charge is 0.0444 e. The summed E-state index contributed by atoms with van der Waals surface area (Å²) in [6.45, 7) is 6.72. The Morgan fingerprint density at radius 2 is 2.14 bits per heavy atom. The van der Waals surface area contributed by atoms with E-state index in [1.54, 1.807) is 6.08 Å². The topological polar surface area (TPSA) is 23.1 Å². The van der Waals surface area contributed by atoms with Crippen LogP contribution in [0.15, 0.2) is 25.3 Å². The molecule has 0 rings (SSSR count). The van der Waals surface area contributed by atoms with Gasteiger partial charge in [0.15, 0.2) is 0 Å². The van der Waals surface area contributed by atoms with Crippen molar-refractivity contribution in [3.05, 3.63) is 25.3 Å². The summed E-state index contributed by atoms with van der Waals surface area (Å²) in [6.07, 6.45) is 2.81. The summed E-state index contributed by atoms with van der Waals surface area (Å²) < 4.78 is 0. The molecule has 0 aliphatic rings. The van der Waals surface area contributed by atoms with Crippen LogP contribution < -0.4 is 5.11 Å². The van der Waals surface area contributed by atoms with Gasteiger partial charge in [-0.2, -0.15) is 0 Å². The molecular formula is C6H9O-. The predicted molar refractivity (Wildman–Crippen MR) is 28.8 cm³/mol. The Morgan fingerprint density at radius 3 is 2.29 bits per heavy atom.